The lowest BCUT2D eigenvalue weighted by molar-refractivity contribution is 0.321. The van der Waals surface area contributed by atoms with Gasteiger partial charge in [-0.15, -0.1) is 11.3 Å². The molecule has 3 nitrogen and oxygen atoms in total. The van der Waals surface area contributed by atoms with Crippen LogP contribution in [0.2, 0.25) is 5.02 Å². The molecule has 1 fully saturated rings. The molecule has 1 saturated carbocycles. The van der Waals surface area contributed by atoms with Gasteiger partial charge in [0.25, 0.3) is 0 Å². The molecule has 0 aliphatic heterocycles. The maximum atomic E-state index is 5.91. The zero-order chi connectivity index (χ0) is 13.8. The predicted molar refractivity (Wildman–Crippen MR) is 82.6 cm³/mol. The summed E-state index contributed by atoms with van der Waals surface area (Å²) in [5, 5.41) is 7.43. The second kappa shape index (κ2) is 6.57. The lowest BCUT2D eigenvalue weighted by Gasteiger charge is -2.04. The first-order valence-electron chi connectivity index (χ1n) is 6.84. The molecule has 20 heavy (non-hydrogen) atoms. The minimum atomic E-state index is 0.628. The zero-order valence-corrected chi connectivity index (χ0v) is 12.7. The van der Waals surface area contributed by atoms with E-state index in [-0.39, 0.29) is 0 Å². The van der Waals surface area contributed by atoms with Crippen LogP contribution >= 0.6 is 22.9 Å². The van der Waals surface area contributed by atoms with Gasteiger partial charge in [0.1, 0.15) is 5.75 Å². The summed E-state index contributed by atoms with van der Waals surface area (Å²) < 4.78 is 5.67. The van der Waals surface area contributed by atoms with Gasteiger partial charge in [-0.3, -0.25) is 0 Å². The van der Waals surface area contributed by atoms with Crippen molar-refractivity contribution < 1.29 is 4.74 Å². The fourth-order valence-electron chi connectivity index (χ4n) is 1.89. The van der Waals surface area contributed by atoms with Crippen LogP contribution in [-0.2, 0) is 13.0 Å². The average molecular weight is 309 g/mol. The Kier molecular flexibility index (Phi) is 4.55. The van der Waals surface area contributed by atoms with Gasteiger partial charge in [-0.25, -0.2) is 4.98 Å². The van der Waals surface area contributed by atoms with Crippen LogP contribution in [-0.4, -0.2) is 17.6 Å². The van der Waals surface area contributed by atoms with Crippen molar-refractivity contribution in [3.63, 3.8) is 0 Å². The maximum Gasteiger partial charge on any atom is 0.120 e. The van der Waals surface area contributed by atoms with Crippen molar-refractivity contribution in [3.8, 4) is 5.75 Å². The third-order valence-corrected chi connectivity index (χ3v) is 4.32. The van der Waals surface area contributed by atoms with Crippen molar-refractivity contribution in [2.24, 2.45) is 0 Å². The van der Waals surface area contributed by atoms with E-state index in [0.29, 0.717) is 11.6 Å². The standard InChI is InChI=1S/C15H17ClN2OS/c16-11-2-1-3-14(8-11)19-7-6-15-18-13(10-20-15)9-17-12-4-5-12/h1-3,8,10,12,17H,4-7,9H2. The summed E-state index contributed by atoms with van der Waals surface area (Å²) in [4.78, 5) is 4.61. The molecule has 1 N–H and O–H groups in total. The van der Waals surface area contributed by atoms with Crippen LogP contribution in [0.4, 0.5) is 0 Å². The Balaban J connectivity index is 1.43. The van der Waals surface area contributed by atoms with Gasteiger partial charge in [0.05, 0.1) is 17.3 Å². The van der Waals surface area contributed by atoms with Gasteiger partial charge in [-0.05, 0) is 31.0 Å². The minimum Gasteiger partial charge on any atom is -0.493 e. The third-order valence-electron chi connectivity index (χ3n) is 3.13. The van der Waals surface area contributed by atoms with Crippen molar-refractivity contribution in [2.45, 2.75) is 31.8 Å². The molecule has 2 aromatic rings. The molecule has 0 spiro atoms. The fraction of sp³-hybridized carbons (Fsp3) is 0.400. The normalized spacial score (nSPS) is 14.4. The fourth-order valence-corrected chi connectivity index (χ4v) is 2.85. The summed E-state index contributed by atoms with van der Waals surface area (Å²) in [6.45, 7) is 1.51. The molecule has 0 saturated heterocycles. The largest absolute Gasteiger partial charge is 0.493 e. The molecule has 1 aromatic carbocycles. The second-order valence-electron chi connectivity index (χ2n) is 4.94. The molecule has 0 radical (unpaired) electrons. The number of benzene rings is 1. The molecule has 0 atom stereocenters. The van der Waals surface area contributed by atoms with Gasteiger partial charge in [0.15, 0.2) is 0 Å². The molecule has 1 aromatic heterocycles. The van der Waals surface area contributed by atoms with Gasteiger partial charge in [-0.1, -0.05) is 17.7 Å². The smallest absolute Gasteiger partial charge is 0.120 e. The SMILES string of the molecule is Clc1cccc(OCCc2nc(CNC3CC3)cs2)c1. The number of thiazole rings is 1. The molecule has 0 unspecified atom stereocenters. The quantitative estimate of drug-likeness (QED) is 0.847. The van der Waals surface area contributed by atoms with E-state index in [1.165, 1.54) is 12.8 Å². The van der Waals surface area contributed by atoms with Gasteiger partial charge in [-0.2, -0.15) is 0 Å². The third kappa shape index (κ3) is 4.20. The Hall–Kier alpha value is -1.10. The van der Waals surface area contributed by atoms with Crippen molar-refractivity contribution in [1.82, 2.24) is 10.3 Å². The van der Waals surface area contributed by atoms with Crippen LogP contribution in [0.3, 0.4) is 0 Å². The van der Waals surface area contributed by atoms with Gasteiger partial charge in [0, 0.05) is 29.4 Å². The summed E-state index contributed by atoms with van der Waals surface area (Å²) >= 11 is 7.61. The number of hydrogen-bond donors (Lipinski definition) is 1. The van der Waals surface area contributed by atoms with E-state index in [0.717, 1.165) is 35.5 Å². The molecule has 5 heteroatoms. The van der Waals surface area contributed by atoms with Gasteiger partial charge in [0.2, 0.25) is 0 Å². The molecular formula is C15H17ClN2OS. The molecule has 1 aliphatic rings. The molecule has 1 heterocycles. The molecule has 106 valence electrons. The Bertz CT molecular complexity index is 569. The summed E-state index contributed by atoms with van der Waals surface area (Å²) in [5.41, 5.74) is 1.14. The van der Waals surface area contributed by atoms with Gasteiger partial charge < -0.3 is 10.1 Å². The van der Waals surface area contributed by atoms with E-state index in [9.17, 15) is 0 Å². The van der Waals surface area contributed by atoms with Crippen molar-refractivity contribution in [1.29, 1.82) is 0 Å². The number of nitrogens with one attached hydrogen (secondary N) is 1. The van der Waals surface area contributed by atoms with E-state index in [2.05, 4.69) is 15.7 Å². The first kappa shape index (κ1) is 13.9. The Labute approximate surface area is 127 Å². The van der Waals surface area contributed by atoms with Gasteiger partial charge >= 0.3 is 0 Å². The topological polar surface area (TPSA) is 34.1 Å². The highest BCUT2D eigenvalue weighted by Crippen LogP contribution is 2.20. The van der Waals surface area contributed by atoms with E-state index >= 15 is 0 Å². The Morgan fingerprint density at radius 3 is 3.10 bits per heavy atom. The zero-order valence-electron chi connectivity index (χ0n) is 11.1. The monoisotopic (exact) mass is 308 g/mol. The summed E-state index contributed by atoms with van der Waals surface area (Å²) in [7, 11) is 0. The van der Waals surface area contributed by atoms with Crippen LogP contribution in [0.5, 0.6) is 5.75 Å². The highest BCUT2D eigenvalue weighted by Gasteiger charge is 2.20. The Morgan fingerprint density at radius 1 is 1.40 bits per heavy atom. The molecular weight excluding hydrogens is 292 g/mol. The number of nitrogens with zero attached hydrogens (tertiary/aromatic N) is 1. The average Bonchev–Trinajstić information content (AvgIpc) is 3.16. The highest BCUT2D eigenvalue weighted by atomic mass is 35.5. The number of hydrogen-bond acceptors (Lipinski definition) is 4. The summed E-state index contributed by atoms with van der Waals surface area (Å²) in [6.07, 6.45) is 3.45. The van der Waals surface area contributed by atoms with Crippen LogP contribution < -0.4 is 10.1 Å². The first-order valence-corrected chi connectivity index (χ1v) is 8.10. The van der Waals surface area contributed by atoms with Crippen LogP contribution in [0.1, 0.15) is 23.5 Å². The van der Waals surface area contributed by atoms with E-state index < -0.39 is 0 Å². The van der Waals surface area contributed by atoms with Crippen molar-refractivity contribution >= 4 is 22.9 Å². The molecule has 3 rings (SSSR count). The molecule has 1 aliphatic carbocycles. The second-order valence-corrected chi connectivity index (χ2v) is 6.32. The Morgan fingerprint density at radius 2 is 2.30 bits per heavy atom. The van der Waals surface area contributed by atoms with Crippen LogP contribution in [0.25, 0.3) is 0 Å². The summed E-state index contributed by atoms with van der Waals surface area (Å²) in [6, 6.07) is 8.20. The van der Waals surface area contributed by atoms with Crippen molar-refractivity contribution in [2.75, 3.05) is 6.61 Å². The summed E-state index contributed by atoms with van der Waals surface area (Å²) in [5.74, 6) is 0.810. The van der Waals surface area contributed by atoms with Crippen molar-refractivity contribution in [3.05, 3.63) is 45.4 Å². The molecule has 0 amide bonds. The minimum absolute atomic E-state index is 0.628. The first-order chi connectivity index (χ1) is 9.79. The van der Waals surface area contributed by atoms with E-state index in [1.54, 1.807) is 11.3 Å². The number of aromatic nitrogens is 1. The number of ether oxygens (including phenoxy) is 1. The van der Waals surface area contributed by atoms with E-state index in [1.807, 2.05) is 24.3 Å². The maximum absolute atomic E-state index is 5.91. The van der Waals surface area contributed by atoms with Crippen LogP contribution in [0.15, 0.2) is 29.6 Å². The molecule has 0 bridgehead atoms. The van der Waals surface area contributed by atoms with Crippen LogP contribution in [0, 0.1) is 0 Å². The lowest BCUT2D eigenvalue weighted by atomic mass is 10.3. The lowest BCUT2D eigenvalue weighted by Crippen LogP contribution is -2.15. The predicted octanol–water partition coefficient (Wildman–Crippen LogP) is 3.67. The number of rotatable bonds is 7. The van der Waals surface area contributed by atoms with E-state index in [4.69, 9.17) is 16.3 Å². The highest BCUT2D eigenvalue weighted by molar-refractivity contribution is 7.09. The number of halogens is 1.